The van der Waals surface area contributed by atoms with E-state index in [2.05, 4.69) is 5.32 Å². The van der Waals surface area contributed by atoms with Gasteiger partial charge in [0.15, 0.2) is 0 Å². The summed E-state index contributed by atoms with van der Waals surface area (Å²) in [6.07, 6.45) is 5.25. The predicted octanol–water partition coefficient (Wildman–Crippen LogP) is 2.49. The van der Waals surface area contributed by atoms with Crippen molar-refractivity contribution in [3.63, 3.8) is 0 Å². The molecule has 100 valence electrons. The van der Waals surface area contributed by atoms with E-state index in [0.717, 1.165) is 12.1 Å². The molecule has 0 aliphatic heterocycles. The second-order valence-electron chi connectivity index (χ2n) is 4.49. The van der Waals surface area contributed by atoms with E-state index in [1.165, 1.54) is 6.92 Å². The summed E-state index contributed by atoms with van der Waals surface area (Å²) < 4.78 is 13.9. The minimum atomic E-state index is -0.714. The lowest BCUT2D eigenvalue weighted by Gasteiger charge is -2.13. The minimum Gasteiger partial charge on any atom is -0.349 e. The average Bonchev–Trinajstić information content (AvgIpc) is 2.84. The molecule has 1 aliphatic rings. The first kappa shape index (κ1) is 13.2. The lowest BCUT2D eigenvalue weighted by molar-refractivity contribution is -0.385. The third kappa shape index (κ3) is 2.78. The number of aryl methyl sites for hydroxylation is 1. The Hall–Kier alpha value is -2.24. The van der Waals surface area contributed by atoms with E-state index < -0.39 is 16.6 Å². The number of rotatable bonds is 3. The van der Waals surface area contributed by atoms with Crippen molar-refractivity contribution in [1.29, 1.82) is 0 Å². The van der Waals surface area contributed by atoms with Crippen LogP contribution in [0.4, 0.5) is 10.1 Å². The molecular formula is C13H13FN2O3. The molecule has 1 amide bonds. The number of amides is 1. The highest BCUT2D eigenvalue weighted by Gasteiger charge is 2.22. The lowest BCUT2D eigenvalue weighted by Crippen LogP contribution is -2.33. The van der Waals surface area contributed by atoms with Crippen LogP contribution in [0.2, 0.25) is 0 Å². The number of benzene rings is 1. The van der Waals surface area contributed by atoms with Gasteiger partial charge in [0.25, 0.3) is 11.6 Å². The molecule has 2 rings (SSSR count). The molecule has 0 radical (unpaired) electrons. The number of carbonyl (C=O) groups is 1. The Kier molecular flexibility index (Phi) is 3.59. The Morgan fingerprint density at radius 3 is 2.63 bits per heavy atom. The fourth-order valence-electron chi connectivity index (χ4n) is 2.02. The second-order valence-corrected chi connectivity index (χ2v) is 4.49. The molecule has 1 aromatic rings. The Balaban J connectivity index is 2.27. The van der Waals surface area contributed by atoms with Crippen LogP contribution < -0.4 is 5.32 Å². The van der Waals surface area contributed by atoms with E-state index in [1.54, 1.807) is 0 Å². The summed E-state index contributed by atoms with van der Waals surface area (Å²) in [5.74, 6) is -1.33. The summed E-state index contributed by atoms with van der Waals surface area (Å²) in [6, 6.07) is 2.02. The second kappa shape index (κ2) is 5.17. The first-order valence-electron chi connectivity index (χ1n) is 5.89. The number of halogens is 1. The van der Waals surface area contributed by atoms with Crippen LogP contribution in [0.15, 0.2) is 24.3 Å². The maximum Gasteiger partial charge on any atom is 0.270 e. The summed E-state index contributed by atoms with van der Waals surface area (Å²) in [4.78, 5) is 22.0. The molecule has 0 heterocycles. The fraction of sp³-hybridized carbons (Fsp3) is 0.308. The summed E-state index contributed by atoms with van der Waals surface area (Å²) in [5, 5.41) is 13.4. The first-order valence-corrected chi connectivity index (χ1v) is 5.89. The van der Waals surface area contributed by atoms with Gasteiger partial charge < -0.3 is 5.32 Å². The Morgan fingerprint density at radius 1 is 1.42 bits per heavy atom. The van der Waals surface area contributed by atoms with Gasteiger partial charge in [-0.05, 0) is 25.3 Å². The van der Waals surface area contributed by atoms with Crippen LogP contribution in [0, 0.1) is 22.9 Å². The molecule has 0 saturated carbocycles. The van der Waals surface area contributed by atoms with Crippen molar-refractivity contribution in [1.82, 2.24) is 5.32 Å². The average molecular weight is 264 g/mol. The number of hydrogen-bond acceptors (Lipinski definition) is 3. The number of nitrogens with zero attached hydrogens (tertiary/aromatic N) is 1. The van der Waals surface area contributed by atoms with Crippen molar-refractivity contribution in [3.05, 3.63) is 51.3 Å². The SMILES string of the molecule is Cc1cc([N+](=O)[O-])cc(C(=O)NC2CC=CC2)c1F. The van der Waals surface area contributed by atoms with Crippen molar-refractivity contribution in [2.45, 2.75) is 25.8 Å². The third-order valence-electron chi connectivity index (χ3n) is 3.04. The largest absolute Gasteiger partial charge is 0.349 e. The summed E-state index contributed by atoms with van der Waals surface area (Å²) >= 11 is 0. The lowest BCUT2D eigenvalue weighted by atomic mass is 10.1. The maximum absolute atomic E-state index is 13.9. The van der Waals surface area contributed by atoms with Crippen LogP contribution in [-0.4, -0.2) is 16.9 Å². The molecule has 0 fully saturated rings. The first-order chi connectivity index (χ1) is 8.99. The number of nitro benzene ring substituents is 1. The molecule has 0 atom stereocenters. The van der Waals surface area contributed by atoms with Gasteiger partial charge in [0, 0.05) is 18.2 Å². The highest BCUT2D eigenvalue weighted by atomic mass is 19.1. The van der Waals surface area contributed by atoms with Crippen LogP contribution in [-0.2, 0) is 0 Å². The molecule has 0 bridgehead atoms. The molecule has 0 unspecified atom stereocenters. The Bertz CT molecular complexity index is 561. The van der Waals surface area contributed by atoms with Crippen molar-refractivity contribution < 1.29 is 14.1 Å². The van der Waals surface area contributed by atoms with Crippen LogP contribution in [0.1, 0.15) is 28.8 Å². The van der Waals surface area contributed by atoms with Crippen LogP contribution in [0.5, 0.6) is 0 Å². The number of hydrogen-bond donors (Lipinski definition) is 1. The van der Waals surface area contributed by atoms with Gasteiger partial charge in [-0.25, -0.2) is 4.39 Å². The molecule has 1 aliphatic carbocycles. The van der Waals surface area contributed by atoms with Gasteiger partial charge >= 0.3 is 0 Å². The molecule has 0 saturated heterocycles. The van der Waals surface area contributed by atoms with Gasteiger partial charge in [-0.3, -0.25) is 14.9 Å². The van der Waals surface area contributed by atoms with Crippen molar-refractivity contribution >= 4 is 11.6 Å². The zero-order valence-electron chi connectivity index (χ0n) is 10.4. The van der Waals surface area contributed by atoms with E-state index in [4.69, 9.17) is 0 Å². The predicted molar refractivity (Wildman–Crippen MR) is 67.4 cm³/mol. The van der Waals surface area contributed by atoms with E-state index in [0.29, 0.717) is 12.8 Å². The molecule has 19 heavy (non-hydrogen) atoms. The fourth-order valence-corrected chi connectivity index (χ4v) is 2.02. The molecular weight excluding hydrogens is 251 g/mol. The normalized spacial score (nSPS) is 14.6. The number of nitrogens with one attached hydrogen (secondary N) is 1. The molecule has 1 aromatic carbocycles. The van der Waals surface area contributed by atoms with Gasteiger partial charge in [0.2, 0.25) is 0 Å². The van der Waals surface area contributed by atoms with Crippen molar-refractivity contribution in [2.24, 2.45) is 0 Å². The molecule has 0 spiro atoms. The highest BCUT2D eigenvalue weighted by molar-refractivity contribution is 5.95. The molecule has 1 N–H and O–H groups in total. The minimum absolute atomic E-state index is 0.0635. The summed E-state index contributed by atoms with van der Waals surface area (Å²) in [5.41, 5.74) is -0.476. The van der Waals surface area contributed by atoms with Gasteiger partial charge in [-0.15, -0.1) is 0 Å². The third-order valence-corrected chi connectivity index (χ3v) is 3.04. The molecule has 6 heteroatoms. The smallest absolute Gasteiger partial charge is 0.270 e. The molecule has 5 nitrogen and oxygen atoms in total. The van der Waals surface area contributed by atoms with E-state index in [9.17, 15) is 19.3 Å². The van der Waals surface area contributed by atoms with E-state index in [-0.39, 0.29) is 22.9 Å². The van der Waals surface area contributed by atoms with Gasteiger partial charge in [0.1, 0.15) is 5.82 Å². The number of nitro groups is 1. The number of carbonyl (C=O) groups excluding carboxylic acids is 1. The van der Waals surface area contributed by atoms with Crippen LogP contribution in [0.25, 0.3) is 0 Å². The number of non-ortho nitro benzene ring substituents is 1. The highest BCUT2D eigenvalue weighted by Crippen LogP contribution is 2.21. The standard InChI is InChI=1S/C13H13FN2O3/c1-8-6-10(16(18)19)7-11(12(8)14)13(17)15-9-4-2-3-5-9/h2-3,6-7,9H,4-5H2,1H3,(H,15,17). The van der Waals surface area contributed by atoms with Crippen molar-refractivity contribution in [2.75, 3.05) is 0 Å². The van der Waals surface area contributed by atoms with Crippen LogP contribution in [0.3, 0.4) is 0 Å². The topological polar surface area (TPSA) is 72.2 Å². The maximum atomic E-state index is 13.9. The van der Waals surface area contributed by atoms with Gasteiger partial charge in [-0.2, -0.15) is 0 Å². The quantitative estimate of drug-likeness (QED) is 0.518. The molecule has 0 aromatic heterocycles. The zero-order valence-corrected chi connectivity index (χ0v) is 10.4. The monoisotopic (exact) mass is 264 g/mol. The van der Waals surface area contributed by atoms with Crippen LogP contribution >= 0.6 is 0 Å². The van der Waals surface area contributed by atoms with Gasteiger partial charge in [0.05, 0.1) is 10.5 Å². The van der Waals surface area contributed by atoms with E-state index in [1.807, 2.05) is 12.2 Å². The Labute approximate surface area is 109 Å². The Morgan fingerprint density at radius 2 is 2.05 bits per heavy atom. The van der Waals surface area contributed by atoms with E-state index >= 15 is 0 Å². The zero-order chi connectivity index (χ0) is 14.0. The summed E-state index contributed by atoms with van der Waals surface area (Å²) in [6.45, 7) is 1.40. The van der Waals surface area contributed by atoms with Crippen molar-refractivity contribution in [3.8, 4) is 0 Å². The summed E-state index contributed by atoms with van der Waals surface area (Å²) in [7, 11) is 0. The van der Waals surface area contributed by atoms with Gasteiger partial charge in [-0.1, -0.05) is 12.2 Å².